The number of piperidine rings is 1. The number of hydrogen-bond donors (Lipinski definition) is 1. The molecular weight excluding hydrogens is 300 g/mol. The standard InChI is InChI=1S/C19H26N4O/c1-3-23-18(10-11-20-23)21-19(24)17-8-6-16(7-9-17)14-22-12-4-5-15(2)13-22/h6-11,15H,3-5,12-14H2,1-2H3,(H,21,24). The van der Waals surface area contributed by atoms with Gasteiger partial charge in [-0.15, -0.1) is 0 Å². The molecule has 5 nitrogen and oxygen atoms in total. The topological polar surface area (TPSA) is 50.2 Å². The zero-order valence-corrected chi connectivity index (χ0v) is 14.5. The number of amides is 1. The fraction of sp³-hybridized carbons (Fsp3) is 0.474. The van der Waals surface area contributed by atoms with E-state index in [9.17, 15) is 4.79 Å². The lowest BCUT2D eigenvalue weighted by atomic mass is 9.99. The second-order valence-electron chi connectivity index (χ2n) is 6.67. The fourth-order valence-corrected chi connectivity index (χ4v) is 3.33. The van der Waals surface area contributed by atoms with Gasteiger partial charge in [-0.05, 0) is 49.9 Å². The molecule has 3 rings (SSSR count). The summed E-state index contributed by atoms with van der Waals surface area (Å²) in [5, 5.41) is 7.08. The third kappa shape index (κ3) is 4.03. The van der Waals surface area contributed by atoms with Crippen LogP contribution in [0.25, 0.3) is 0 Å². The van der Waals surface area contributed by atoms with Gasteiger partial charge in [-0.2, -0.15) is 5.10 Å². The van der Waals surface area contributed by atoms with Crippen molar-refractivity contribution in [3.8, 4) is 0 Å². The van der Waals surface area contributed by atoms with Crippen molar-refractivity contribution in [1.82, 2.24) is 14.7 Å². The first-order valence-electron chi connectivity index (χ1n) is 8.80. The normalized spacial score (nSPS) is 18.5. The molecule has 5 heteroatoms. The number of hydrogen-bond acceptors (Lipinski definition) is 3. The molecular formula is C19H26N4O. The van der Waals surface area contributed by atoms with Crippen LogP contribution in [0.3, 0.4) is 0 Å². The van der Waals surface area contributed by atoms with Crippen LogP contribution in [0, 0.1) is 5.92 Å². The van der Waals surface area contributed by atoms with Crippen LogP contribution in [-0.2, 0) is 13.1 Å². The molecule has 1 aromatic carbocycles. The molecule has 1 aliphatic rings. The van der Waals surface area contributed by atoms with Gasteiger partial charge in [-0.1, -0.05) is 19.1 Å². The molecule has 2 heterocycles. The van der Waals surface area contributed by atoms with Gasteiger partial charge in [0.1, 0.15) is 5.82 Å². The SMILES string of the molecule is CCn1nccc1NC(=O)c1ccc(CN2CCCC(C)C2)cc1. The van der Waals surface area contributed by atoms with E-state index in [2.05, 4.69) is 34.4 Å². The number of nitrogens with one attached hydrogen (secondary N) is 1. The maximum atomic E-state index is 12.4. The smallest absolute Gasteiger partial charge is 0.256 e. The number of rotatable bonds is 5. The van der Waals surface area contributed by atoms with Gasteiger partial charge in [0.15, 0.2) is 0 Å². The van der Waals surface area contributed by atoms with Crippen LogP contribution >= 0.6 is 0 Å². The highest BCUT2D eigenvalue weighted by Crippen LogP contribution is 2.18. The average Bonchev–Trinajstić information content (AvgIpc) is 3.02. The lowest BCUT2D eigenvalue weighted by molar-refractivity contribution is 0.102. The van der Waals surface area contributed by atoms with Crippen LogP contribution < -0.4 is 5.32 Å². The van der Waals surface area contributed by atoms with Crippen molar-refractivity contribution >= 4 is 11.7 Å². The Kier molecular flexibility index (Phi) is 5.30. The number of carbonyl (C=O) groups is 1. The minimum atomic E-state index is -0.0941. The molecule has 1 aliphatic heterocycles. The Hall–Kier alpha value is -2.14. The summed E-state index contributed by atoms with van der Waals surface area (Å²) in [4.78, 5) is 14.9. The Morgan fingerprint density at radius 1 is 1.29 bits per heavy atom. The van der Waals surface area contributed by atoms with Crippen molar-refractivity contribution in [1.29, 1.82) is 0 Å². The van der Waals surface area contributed by atoms with Crippen LogP contribution in [0.5, 0.6) is 0 Å². The molecule has 1 amide bonds. The molecule has 0 bridgehead atoms. The summed E-state index contributed by atoms with van der Waals surface area (Å²) in [5.41, 5.74) is 1.94. The van der Waals surface area contributed by atoms with Crippen molar-refractivity contribution in [2.75, 3.05) is 18.4 Å². The highest BCUT2D eigenvalue weighted by atomic mass is 16.1. The number of nitrogens with zero attached hydrogens (tertiary/aromatic N) is 3. The van der Waals surface area contributed by atoms with E-state index in [1.807, 2.05) is 25.1 Å². The van der Waals surface area contributed by atoms with Gasteiger partial charge in [0.2, 0.25) is 0 Å². The predicted molar refractivity (Wildman–Crippen MR) is 96.0 cm³/mol. The third-order valence-corrected chi connectivity index (χ3v) is 4.62. The largest absolute Gasteiger partial charge is 0.307 e. The molecule has 0 saturated carbocycles. The van der Waals surface area contributed by atoms with E-state index >= 15 is 0 Å². The highest BCUT2D eigenvalue weighted by molar-refractivity contribution is 6.03. The number of likely N-dealkylation sites (tertiary alicyclic amines) is 1. The van der Waals surface area contributed by atoms with Crippen LogP contribution in [0.15, 0.2) is 36.5 Å². The van der Waals surface area contributed by atoms with Crippen molar-refractivity contribution in [3.63, 3.8) is 0 Å². The molecule has 1 aromatic heterocycles. The third-order valence-electron chi connectivity index (χ3n) is 4.62. The quantitative estimate of drug-likeness (QED) is 0.916. The zero-order chi connectivity index (χ0) is 16.9. The van der Waals surface area contributed by atoms with Crippen molar-refractivity contribution < 1.29 is 4.79 Å². The monoisotopic (exact) mass is 326 g/mol. The van der Waals surface area contributed by atoms with Crippen LogP contribution in [0.2, 0.25) is 0 Å². The Morgan fingerprint density at radius 3 is 2.79 bits per heavy atom. The van der Waals surface area contributed by atoms with E-state index in [0.717, 1.165) is 24.8 Å². The molecule has 24 heavy (non-hydrogen) atoms. The Bertz CT molecular complexity index is 677. The van der Waals surface area contributed by atoms with E-state index in [0.29, 0.717) is 5.56 Å². The second-order valence-corrected chi connectivity index (χ2v) is 6.67. The fourth-order valence-electron chi connectivity index (χ4n) is 3.33. The Morgan fingerprint density at radius 2 is 2.08 bits per heavy atom. The lowest BCUT2D eigenvalue weighted by Gasteiger charge is -2.30. The van der Waals surface area contributed by atoms with Gasteiger partial charge in [-0.25, -0.2) is 4.68 Å². The predicted octanol–water partition coefficient (Wildman–Crippen LogP) is 3.39. The minimum Gasteiger partial charge on any atom is -0.307 e. The Balaban J connectivity index is 1.60. The van der Waals surface area contributed by atoms with E-state index in [-0.39, 0.29) is 5.91 Å². The second kappa shape index (κ2) is 7.62. The summed E-state index contributed by atoms with van der Waals surface area (Å²) in [5.74, 6) is 1.42. The van der Waals surface area contributed by atoms with Gasteiger partial charge in [0.05, 0.1) is 6.20 Å². The van der Waals surface area contributed by atoms with Crippen molar-refractivity contribution in [2.45, 2.75) is 39.8 Å². The summed E-state index contributed by atoms with van der Waals surface area (Å²) < 4.78 is 1.77. The summed E-state index contributed by atoms with van der Waals surface area (Å²) in [7, 11) is 0. The number of aromatic nitrogens is 2. The molecule has 128 valence electrons. The van der Waals surface area contributed by atoms with E-state index < -0.39 is 0 Å². The molecule has 1 fully saturated rings. The molecule has 2 aromatic rings. The van der Waals surface area contributed by atoms with Gasteiger partial charge < -0.3 is 5.32 Å². The van der Waals surface area contributed by atoms with Crippen LogP contribution in [0.4, 0.5) is 5.82 Å². The minimum absolute atomic E-state index is 0.0941. The first-order valence-corrected chi connectivity index (χ1v) is 8.80. The van der Waals surface area contributed by atoms with Crippen molar-refractivity contribution in [2.24, 2.45) is 5.92 Å². The van der Waals surface area contributed by atoms with Gasteiger partial charge in [0.25, 0.3) is 5.91 Å². The van der Waals surface area contributed by atoms with Gasteiger partial charge >= 0.3 is 0 Å². The maximum absolute atomic E-state index is 12.4. The van der Waals surface area contributed by atoms with Crippen LogP contribution in [-0.4, -0.2) is 33.7 Å². The molecule has 1 saturated heterocycles. The van der Waals surface area contributed by atoms with E-state index in [1.54, 1.807) is 10.9 Å². The summed E-state index contributed by atoms with van der Waals surface area (Å²) in [6, 6.07) is 9.75. The average molecular weight is 326 g/mol. The summed E-state index contributed by atoms with van der Waals surface area (Å²) in [6.45, 7) is 8.36. The first-order chi connectivity index (χ1) is 11.7. The zero-order valence-electron chi connectivity index (χ0n) is 14.5. The Labute approximate surface area is 143 Å². The van der Waals surface area contributed by atoms with Crippen LogP contribution in [0.1, 0.15) is 42.6 Å². The number of carbonyl (C=O) groups excluding carboxylic acids is 1. The first kappa shape index (κ1) is 16.7. The van der Waals surface area contributed by atoms with Gasteiger partial charge in [-0.3, -0.25) is 9.69 Å². The molecule has 0 radical (unpaired) electrons. The number of anilines is 1. The summed E-state index contributed by atoms with van der Waals surface area (Å²) in [6.07, 6.45) is 4.32. The lowest BCUT2D eigenvalue weighted by Crippen LogP contribution is -2.33. The maximum Gasteiger partial charge on any atom is 0.256 e. The molecule has 0 aliphatic carbocycles. The van der Waals surface area contributed by atoms with E-state index in [4.69, 9.17) is 0 Å². The molecule has 1 atom stereocenters. The van der Waals surface area contributed by atoms with E-state index in [1.165, 1.54) is 31.5 Å². The molecule has 1 N–H and O–H groups in total. The summed E-state index contributed by atoms with van der Waals surface area (Å²) >= 11 is 0. The highest BCUT2D eigenvalue weighted by Gasteiger charge is 2.16. The molecule has 1 unspecified atom stereocenters. The van der Waals surface area contributed by atoms with Crippen molar-refractivity contribution in [3.05, 3.63) is 47.7 Å². The number of aryl methyl sites for hydroxylation is 1. The number of benzene rings is 1. The van der Waals surface area contributed by atoms with Gasteiger partial charge in [0, 0.05) is 31.3 Å². The molecule has 0 spiro atoms.